The molecule has 1 fully saturated rings. The third-order valence-corrected chi connectivity index (χ3v) is 3.23. The highest BCUT2D eigenvalue weighted by molar-refractivity contribution is 5.13. The molecular weight excluding hydrogens is 217 g/mol. The van der Waals surface area contributed by atoms with Gasteiger partial charge >= 0.3 is 0 Å². The molecule has 1 N–H and O–H groups in total. The number of rotatable bonds is 5. The van der Waals surface area contributed by atoms with Crippen molar-refractivity contribution in [1.82, 2.24) is 5.32 Å². The predicted molar refractivity (Wildman–Crippen MR) is 66.7 cm³/mol. The van der Waals surface area contributed by atoms with Gasteiger partial charge in [0.25, 0.3) is 0 Å². The fourth-order valence-electron chi connectivity index (χ4n) is 2.16. The van der Waals surface area contributed by atoms with Crippen molar-refractivity contribution in [3.63, 3.8) is 0 Å². The van der Waals surface area contributed by atoms with E-state index in [-0.39, 0.29) is 0 Å². The standard InChI is InChI=1S/C14H20FNO/c15-14(7-4-9-16-12-14)8-10-17-11-13-5-2-1-3-6-13/h1-3,5-6,16H,4,7-12H2. The summed E-state index contributed by atoms with van der Waals surface area (Å²) in [5.74, 6) is 0. The Bertz CT molecular complexity index is 322. The quantitative estimate of drug-likeness (QED) is 0.795. The van der Waals surface area contributed by atoms with Crippen LogP contribution in [0.3, 0.4) is 0 Å². The first-order valence-corrected chi connectivity index (χ1v) is 6.30. The summed E-state index contributed by atoms with van der Waals surface area (Å²) in [6.45, 7) is 2.48. The number of hydrogen-bond acceptors (Lipinski definition) is 2. The highest BCUT2D eigenvalue weighted by Gasteiger charge is 2.30. The summed E-state index contributed by atoms with van der Waals surface area (Å²) in [5, 5.41) is 3.10. The van der Waals surface area contributed by atoms with Gasteiger partial charge in [0.05, 0.1) is 13.2 Å². The molecule has 2 nitrogen and oxygen atoms in total. The molecule has 1 aromatic carbocycles. The Morgan fingerprint density at radius 3 is 2.82 bits per heavy atom. The second-order valence-electron chi connectivity index (χ2n) is 4.72. The molecule has 1 aliphatic heterocycles. The average molecular weight is 237 g/mol. The molecule has 1 aromatic rings. The lowest BCUT2D eigenvalue weighted by molar-refractivity contribution is 0.0453. The molecule has 0 radical (unpaired) electrons. The summed E-state index contributed by atoms with van der Waals surface area (Å²) in [6.07, 6.45) is 2.08. The van der Waals surface area contributed by atoms with Gasteiger partial charge in [-0.25, -0.2) is 4.39 Å². The number of alkyl halides is 1. The molecule has 1 aliphatic rings. The molecule has 1 saturated heterocycles. The smallest absolute Gasteiger partial charge is 0.125 e. The minimum absolute atomic E-state index is 0.474. The lowest BCUT2D eigenvalue weighted by Crippen LogP contribution is -2.42. The van der Waals surface area contributed by atoms with E-state index >= 15 is 0 Å². The second-order valence-corrected chi connectivity index (χ2v) is 4.72. The minimum atomic E-state index is -1.06. The Morgan fingerprint density at radius 2 is 2.12 bits per heavy atom. The van der Waals surface area contributed by atoms with Gasteiger partial charge in [-0.3, -0.25) is 0 Å². The number of hydrogen-bond donors (Lipinski definition) is 1. The lowest BCUT2D eigenvalue weighted by atomic mass is 9.93. The van der Waals surface area contributed by atoms with Crippen LogP contribution in [0.5, 0.6) is 0 Å². The Balaban J connectivity index is 1.66. The Morgan fingerprint density at radius 1 is 1.29 bits per heavy atom. The zero-order chi connectivity index (χ0) is 12.0. The summed E-state index contributed by atoms with van der Waals surface area (Å²) < 4.78 is 19.7. The van der Waals surface area contributed by atoms with Gasteiger partial charge in [-0.2, -0.15) is 0 Å². The predicted octanol–water partition coefficient (Wildman–Crippen LogP) is 2.69. The van der Waals surface area contributed by atoms with Crippen LogP contribution < -0.4 is 5.32 Å². The molecule has 0 aromatic heterocycles. The maximum Gasteiger partial charge on any atom is 0.125 e. The van der Waals surface area contributed by atoms with Gasteiger partial charge in [0.15, 0.2) is 0 Å². The zero-order valence-electron chi connectivity index (χ0n) is 10.1. The Labute approximate surface area is 102 Å². The van der Waals surface area contributed by atoms with Crippen molar-refractivity contribution in [3.05, 3.63) is 35.9 Å². The van der Waals surface area contributed by atoms with E-state index < -0.39 is 5.67 Å². The highest BCUT2D eigenvalue weighted by atomic mass is 19.1. The van der Waals surface area contributed by atoms with E-state index in [0.717, 1.165) is 18.5 Å². The number of halogens is 1. The van der Waals surface area contributed by atoms with Gasteiger partial charge in [0, 0.05) is 13.0 Å². The van der Waals surface area contributed by atoms with Gasteiger partial charge in [0.1, 0.15) is 5.67 Å². The topological polar surface area (TPSA) is 21.3 Å². The largest absolute Gasteiger partial charge is 0.377 e. The first-order valence-electron chi connectivity index (χ1n) is 6.30. The summed E-state index contributed by atoms with van der Waals surface area (Å²) in [7, 11) is 0. The molecule has 3 heteroatoms. The molecular formula is C14H20FNO. The molecule has 94 valence electrons. The van der Waals surface area contributed by atoms with Crippen molar-refractivity contribution in [2.75, 3.05) is 19.7 Å². The number of nitrogens with one attached hydrogen (secondary N) is 1. The molecule has 1 atom stereocenters. The highest BCUT2D eigenvalue weighted by Crippen LogP contribution is 2.24. The summed E-state index contributed by atoms with van der Waals surface area (Å²) in [6, 6.07) is 10.00. The van der Waals surface area contributed by atoms with E-state index in [1.54, 1.807) is 0 Å². The van der Waals surface area contributed by atoms with Crippen LogP contribution in [-0.4, -0.2) is 25.4 Å². The van der Waals surface area contributed by atoms with Crippen molar-refractivity contribution in [2.45, 2.75) is 31.5 Å². The van der Waals surface area contributed by atoms with Gasteiger partial charge in [-0.1, -0.05) is 30.3 Å². The van der Waals surface area contributed by atoms with Crippen LogP contribution in [0.2, 0.25) is 0 Å². The fourth-order valence-corrected chi connectivity index (χ4v) is 2.16. The molecule has 1 heterocycles. The van der Waals surface area contributed by atoms with E-state index in [4.69, 9.17) is 4.74 Å². The van der Waals surface area contributed by atoms with Gasteiger partial charge in [-0.05, 0) is 24.9 Å². The van der Waals surface area contributed by atoms with Crippen LogP contribution in [0, 0.1) is 0 Å². The van der Waals surface area contributed by atoms with Gasteiger partial charge < -0.3 is 10.1 Å². The van der Waals surface area contributed by atoms with Crippen LogP contribution in [0.4, 0.5) is 4.39 Å². The third kappa shape index (κ3) is 4.10. The normalized spacial score (nSPS) is 24.8. The SMILES string of the molecule is FC1(CCOCc2ccccc2)CCCNC1. The first-order chi connectivity index (χ1) is 8.29. The van der Waals surface area contributed by atoms with Gasteiger partial charge in [-0.15, -0.1) is 0 Å². The third-order valence-electron chi connectivity index (χ3n) is 3.23. The van der Waals surface area contributed by atoms with Crippen LogP contribution in [0.25, 0.3) is 0 Å². The molecule has 0 aliphatic carbocycles. The maximum absolute atomic E-state index is 14.2. The molecule has 2 rings (SSSR count). The summed E-state index contributed by atoms with van der Waals surface area (Å²) >= 11 is 0. The Kier molecular flexibility index (Phi) is 4.51. The lowest BCUT2D eigenvalue weighted by Gasteiger charge is -2.29. The van der Waals surface area contributed by atoms with Crippen LogP contribution in [0.15, 0.2) is 30.3 Å². The molecule has 0 bridgehead atoms. The number of benzene rings is 1. The molecule has 0 amide bonds. The van der Waals surface area contributed by atoms with E-state index in [1.165, 1.54) is 0 Å². The van der Waals surface area contributed by atoms with Crippen molar-refractivity contribution < 1.29 is 9.13 Å². The molecule has 1 unspecified atom stereocenters. The van der Waals surface area contributed by atoms with E-state index in [2.05, 4.69) is 5.32 Å². The van der Waals surface area contributed by atoms with E-state index in [9.17, 15) is 4.39 Å². The first kappa shape index (κ1) is 12.5. The maximum atomic E-state index is 14.2. The monoisotopic (exact) mass is 237 g/mol. The van der Waals surface area contributed by atoms with Crippen molar-refractivity contribution in [2.24, 2.45) is 0 Å². The number of ether oxygens (including phenoxy) is 1. The van der Waals surface area contributed by atoms with E-state index in [0.29, 0.717) is 32.6 Å². The molecule has 0 saturated carbocycles. The molecule has 0 spiro atoms. The number of piperidine rings is 1. The molecule has 17 heavy (non-hydrogen) atoms. The van der Waals surface area contributed by atoms with E-state index in [1.807, 2.05) is 30.3 Å². The van der Waals surface area contributed by atoms with Crippen molar-refractivity contribution in [3.8, 4) is 0 Å². The van der Waals surface area contributed by atoms with Crippen molar-refractivity contribution >= 4 is 0 Å². The van der Waals surface area contributed by atoms with Crippen LogP contribution in [0.1, 0.15) is 24.8 Å². The fraction of sp³-hybridized carbons (Fsp3) is 0.571. The second kappa shape index (κ2) is 6.12. The summed E-state index contributed by atoms with van der Waals surface area (Å²) in [4.78, 5) is 0. The van der Waals surface area contributed by atoms with Crippen LogP contribution >= 0.6 is 0 Å². The van der Waals surface area contributed by atoms with Gasteiger partial charge in [0.2, 0.25) is 0 Å². The Hall–Kier alpha value is -0.930. The van der Waals surface area contributed by atoms with Crippen LogP contribution in [-0.2, 0) is 11.3 Å². The minimum Gasteiger partial charge on any atom is -0.377 e. The average Bonchev–Trinajstić information content (AvgIpc) is 2.37. The summed E-state index contributed by atoms with van der Waals surface area (Å²) in [5.41, 5.74) is 0.0803. The zero-order valence-corrected chi connectivity index (χ0v) is 10.1. The van der Waals surface area contributed by atoms with Crippen molar-refractivity contribution in [1.29, 1.82) is 0 Å².